The maximum Gasteiger partial charge on any atom is 0.229 e. The van der Waals surface area contributed by atoms with Crippen molar-refractivity contribution in [3.8, 4) is 0 Å². The van der Waals surface area contributed by atoms with E-state index in [0.717, 1.165) is 41.4 Å². The molecule has 5 heteroatoms. The first kappa shape index (κ1) is 21.5. The fourth-order valence-corrected chi connectivity index (χ4v) is 4.51. The summed E-state index contributed by atoms with van der Waals surface area (Å²) in [7, 11) is 0. The number of thiazole rings is 1. The molecule has 1 amide bonds. The van der Waals surface area contributed by atoms with Crippen LogP contribution < -0.4 is 4.90 Å². The van der Waals surface area contributed by atoms with Crippen LogP contribution >= 0.6 is 11.3 Å². The van der Waals surface area contributed by atoms with Crippen LogP contribution in [0.3, 0.4) is 0 Å². The molecule has 0 radical (unpaired) electrons. The number of likely N-dealkylation sites (N-methyl/N-ethyl adjacent to an activating group) is 1. The molecule has 0 saturated heterocycles. The smallest absolute Gasteiger partial charge is 0.229 e. The van der Waals surface area contributed by atoms with E-state index in [1.807, 2.05) is 23.1 Å². The third-order valence-corrected chi connectivity index (χ3v) is 6.57. The Kier molecular flexibility index (Phi) is 7.40. The zero-order valence-electron chi connectivity index (χ0n) is 17.9. The maximum absolute atomic E-state index is 13.2. The van der Waals surface area contributed by atoms with E-state index >= 15 is 0 Å². The van der Waals surface area contributed by atoms with Crippen molar-refractivity contribution in [2.45, 2.75) is 40.5 Å². The molecule has 1 heterocycles. The number of aromatic nitrogens is 1. The Labute approximate surface area is 178 Å². The summed E-state index contributed by atoms with van der Waals surface area (Å²) in [4.78, 5) is 22.3. The number of carbonyl (C=O) groups excluding carboxylic acids is 1. The third-order valence-electron chi connectivity index (χ3n) is 5.53. The van der Waals surface area contributed by atoms with Crippen molar-refractivity contribution in [2.75, 3.05) is 31.1 Å². The fourth-order valence-electron chi connectivity index (χ4n) is 3.42. The number of nitrogens with zero attached hydrogens (tertiary/aromatic N) is 3. The number of rotatable bonds is 9. The van der Waals surface area contributed by atoms with Gasteiger partial charge < -0.3 is 4.90 Å². The molecule has 0 N–H and O–H groups in total. The van der Waals surface area contributed by atoms with Gasteiger partial charge in [0.2, 0.25) is 5.91 Å². The summed E-state index contributed by atoms with van der Waals surface area (Å²) < 4.78 is 1.15. The number of carbonyl (C=O) groups is 1. The average Bonchev–Trinajstić information content (AvgIpc) is 3.12. The molecule has 0 aliphatic rings. The van der Waals surface area contributed by atoms with Crippen LogP contribution in [0.5, 0.6) is 0 Å². The first-order valence-electron chi connectivity index (χ1n) is 10.5. The molecule has 29 heavy (non-hydrogen) atoms. The van der Waals surface area contributed by atoms with Gasteiger partial charge in [0.25, 0.3) is 0 Å². The van der Waals surface area contributed by atoms with Crippen molar-refractivity contribution in [2.24, 2.45) is 0 Å². The zero-order valence-corrected chi connectivity index (χ0v) is 18.8. The van der Waals surface area contributed by atoms with Gasteiger partial charge in [0, 0.05) is 19.5 Å². The topological polar surface area (TPSA) is 36.4 Å². The largest absolute Gasteiger partial charge is 0.302 e. The predicted molar refractivity (Wildman–Crippen MR) is 124 cm³/mol. The molecule has 2 aromatic carbocycles. The molecule has 0 saturated carbocycles. The number of benzene rings is 2. The van der Waals surface area contributed by atoms with Gasteiger partial charge in [-0.3, -0.25) is 9.69 Å². The lowest BCUT2D eigenvalue weighted by Crippen LogP contribution is -2.39. The summed E-state index contributed by atoms with van der Waals surface area (Å²) in [5, 5.41) is 0.815. The summed E-state index contributed by atoms with van der Waals surface area (Å²) in [5.41, 5.74) is 4.68. The van der Waals surface area contributed by atoms with E-state index in [1.165, 1.54) is 16.7 Å². The molecule has 0 aliphatic carbocycles. The minimum Gasteiger partial charge on any atom is -0.302 e. The predicted octanol–water partition coefficient (Wildman–Crippen LogP) is 5.22. The van der Waals surface area contributed by atoms with Gasteiger partial charge in [-0.2, -0.15) is 0 Å². The van der Waals surface area contributed by atoms with E-state index in [4.69, 9.17) is 4.98 Å². The second kappa shape index (κ2) is 9.99. The highest BCUT2D eigenvalue weighted by Crippen LogP contribution is 2.31. The molecule has 0 aliphatic heterocycles. The molecule has 0 unspecified atom stereocenters. The maximum atomic E-state index is 13.2. The molecule has 0 bridgehead atoms. The zero-order chi connectivity index (χ0) is 20.8. The van der Waals surface area contributed by atoms with Gasteiger partial charge in [0.15, 0.2) is 5.13 Å². The Morgan fingerprint density at radius 3 is 2.38 bits per heavy atom. The summed E-state index contributed by atoms with van der Waals surface area (Å²) in [6.07, 6.45) is 1.25. The Morgan fingerprint density at radius 1 is 1.00 bits per heavy atom. The van der Waals surface area contributed by atoms with Crippen LogP contribution in [-0.2, 0) is 11.2 Å². The van der Waals surface area contributed by atoms with Gasteiger partial charge in [-0.15, -0.1) is 0 Å². The molecule has 3 aromatic rings. The fraction of sp³-hybridized carbons (Fsp3) is 0.417. The minimum atomic E-state index is 0.147. The summed E-state index contributed by atoms with van der Waals surface area (Å²) >= 11 is 1.62. The van der Waals surface area contributed by atoms with Crippen LogP contribution in [0.15, 0.2) is 42.5 Å². The second-order valence-electron chi connectivity index (χ2n) is 7.46. The van der Waals surface area contributed by atoms with E-state index in [2.05, 4.69) is 56.9 Å². The van der Waals surface area contributed by atoms with Crippen LogP contribution in [0.2, 0.25) is 0 Å². The van der Waals surface area contributed by atoms with Gasteiger partial charge in [0.1, 0.15) is 0 Å². The number of anilines is 1. The highest BCUT2D eigenvalue weighted by Gasteiger charge is 2.20. The standard InChI is InChI=1S/C24H31N3OS/c1-5-26(6-2)14-15-27(23(28)13-12-20-10-8-7-9-11-20)24-25-21-16-18(3)19(4)17-22(21)29-24/h7-11,16-17H,5-6,12-15H2,1-4H3. The van der Waals surface area contributed by atoms with Crippen LogP contribution in [-0.4, -0.2) is 42.0 Å². The van der Waals surface area contributed by atoms with Gasteiger partial charge >= 0.3 is 0 Å². The number of amides is 1. The molecule has 0 fully saturated rings. The van der Waals surface area contributed by atoms with Crippen molar-refractivity contribution < 1.29 is 4.79 Å². The third kappa shape index (κ3) is 5.43. The minimum absolute atomic E-state index is 0.147. The molecule has 0 spiro atoms. The number of hydrogen-bond acceptors (Lipinski definition) is 4. The molecule has 3 rings (SSSR count). The number of hydrogen-bond donors (Lipinski definition) is 0. The van der Waals surface area contributed by atoms with E-state index in [-0.39, 0.29) is 5.91 Å². The first-order valence-corrected chi connectivity index (χ1v) is 11.3. The van der Waals surface area contributed by atoms with Crippen LogP contribution in [0, 0.1) is 13.8 Å². The van der Waals surface area contributed by atoms with Gasteiger partial charge in [0.05, 0.1) is 10.2 Å². The van der Waals surface area contributed by atoms with Gasteiger partial charge in [-0.1, -0.05) is 55.5 Å². The van der Waals surface area contributed by atoms with Gasteiger partial charge in [-0.25, -0.2) is 4.98 Å². The van der Waals surface area contributed by atoms with E-state index in [9.17, 15) is 4.79 Å². The van der Waals surface area contributed by atoms with E-state index in [0.29, 0.717) is 13.0 Å². The lowest BCUT2D eigenvalue weighted by molar-refractivity contribution is -0.118. The van der Waals surface area contributed by atoms with Crippen molar-refractivity contribution >= 4 is 32.6 Å². The highest BCUT2D eigenvalue weighted by molar-refractivity contribution is 7.22. The summed E-state index contributed by atoms with van der Waals surface area (Å²) in [6.45, 7) is 12.1. The normalized spacial score (nSPS) is 11.3. The lowest BCUT2D eigenvalue weighted by atomic mass is 10.1. The van der Waals surface area contributed by atoms with Crippen LogP contribution in [0.25, 0.3) is 10.2 Å². The summed E-state index contributed by atoms with van der Waals surface area (Å²) in [5.74, 6) is 0.147. The molecular weight excluding hydrogens is 378 g/mol. The highest BCUT2D eigenvalue weighted by atomic mass is 32.1. The van der Waals surface area contributed by atoms with Crippen molar-refractivity contribution in [3.05, 3.63) is 59.2 Å². The second-order valence-corrected chi connectivity index (χ2v) is 8.47. The van der Waals surface area contributed by atoms with Gasteiger partial charge in [-0.05, 0) is 62.2 Å². The lowest BCUT2D eigenvalue weighted by Gasteiger charge is -2.24. The van der Waals surface area contributed by atoms with E-state index in [1.54, 1.807) is 11.3 Å². The first-order chi connectivity index (χ1) is 14.0. The Balaban J connectivity index is 1.82. The quantitative estimate of drug-likeness (QED) is 0.486. The molecule has 4 nitrogen and oxygen atoms in total. The molecule has 0 atom stereocenters. The average molecular weight is 410 g/mol. The van der Waals surface area contributed by atoms with Crippen LogP contribution in [0.1, 0.15) is 37.0 Å². The molecule has 154 valence electrons. The monoisotopic (exact) mass is 409 g/mol. The number of aryl methyl sites for hydroxylation is 3. The van der Waals surface area contributed by atoms with Crippen LogP contribution in [0.4, 0.5) is 5.13 Å². The number of fused-ring (bicyclic) bond motifs is 1. The molecule has 1 aromatic heterocycles. The Hall–Kier alpha value is -2.24. The van der Waals surface area contributed by atoms with Crippen molar-refractivity contribution in [3.63, 3.8) is 0 Å². The SMILES string of the molecule is CCN(CC)CCN(C(=O)CCc1ccccc1)c1nc2cc(C)c(C)cc2s1. The van der Waals surface area contributed by atoms with Crippen molar-refractivity contribution in [1.82, 2.24) is 9.88 Å². The Bertz CT molecular complexity index is 908. The summed E-state index contributed by atoms with van der Waals surface area (Å²) in [6, 6.07) is 14.5. The molecular formula is C24H31N3OS. The Morgan fingerprint density at radius 2 is 1.69 bits per heavy atom. The van der Waals surface area contributed by atoms with Crippen molar-refractivity contribution in [1.29, 1.82) is 0 Å². The van der Waals surface area contributed by atoms with E-state index < -0.39 is 0 Å².